The standard InChI is InChI=1S/C14H13BrN2O/c1-10-9-16-7-6-13(10)17-14(18)12-4-2-11(8-15)3-5-12/h2-7,9H,8H2,1H3,(H,16,17,18). The third-order valence-corrected chi connectivity index (χ3v) is 3.29. The van der Waals surface area contributed by atoms with Crippen molar-refractivity contribution in [3.8, 4) is 0 Å². The van der Waals surface area contributed by atoms with Gasteiger partial charge in [-0.25, -0.2) is 0 Å². The van der Waals surface area contributed by atoms with Crippen LogP contribution in [0.2, 0.25) is 0 Å². The number of rotatable bonds is 3. The third-order valence-electron chi connectivity index (χ3n) is 2.64. The van der Waals surface area contributed by atoms with Crippen LogP contribution in [-0.4, -0.2) is 10.9 Å². The minimum Gasteiger partial charge on any atom is -0.322 e. The highest BCUT2D eigenvalue weighted by Gasteiger charge is 2.07. The zero-order valence-electron chi connectivity index (χ0n) is 9.98. The van der Waals surface area contributed by atoms with Crippen LogP contribution in [0.4, 0.5) is 5.69 Å². The van der Waals surface area contributed by atoms with Crippen molar-refractivity contribution in [2.75, 3.05) is 5.32 Å². The van der Waals surface area contributed by atoms with E-state index in [4.69, 9.17) is 0 Å². The van der Waals surface area contributed by atoms with E-state index in [1.807, 2.05) is 31.2 Å². The van der Waals surface area contributed by atoms with Crippen molar-refractivity contribution in [3.05, 3.63) is 59.4 Å². The van der Waals surface area contributed by atoms with E-state index in [1.54, 1.807) is 18.5 Å². The number of nitrogens with zero attached hydrogens (tertiary/aromatic N) is 1. The maximum absolute atomic E-state index is 12.0. The van der Waals surface area contributed by atoms with Gasteiger partial charge in [-0.1, -0.05) is 28.1 Å². The van der Waals surface area contributed by atoms with Crippen LogP contribution >= 0.6 is 15.9 Å². The number of carbonyl (C=O) groups is 1. The number of aromatic nitrogens is 1. The number of hydrogen-bond acceptors (Lipinski definition) is 2. The molecule has 2 rings (SSSR count). The molecular formula is C14H13BrN2O. The first-order chi connectivity index (χ1) is 8.70. The Morgan fingerprint density at radius 1 is 1.28 bits per heavy atom. The average molecular weight is 305 g/mol. The Balaban J connectivity index is 2.14. The summed E-state index contributed by atoms with van der Waals surface area (Å²) in [4.78, 5) is 16.0. The quantitative estimate of drug-likeness (QED) is 0.881. The molecule has 2 aromatic rings. The second-order valence-electron chi connectivity index (χ2n) is 3.98. The summed E-state index contributed by atoms with van der Waals surface area (Å²) in [5.74, 6) is -0.106. The van der Waals surface area contributed by atoms with E-state index < -0.39 is 0 Å². The summed E-state index contributed by atoms with van der Waals surface area (Å²) < 4.78 is 0. The number of hydrogen-bond donors (Lipinski definition) is 1. The fourth-order valence-electron chi connectivity index (χ4n) is 1.55. The summed E-state index contributed by atoms with van der Waals surface area (Å²) in [6, 6.07) is 9.30. The van der Waals surface area contributed by atoms with Gasteiger partial charge < -0.3 is 5.32 Å². The Hall–Kier alpha value is -1.68. The van der Waals surface area contributed by atoms with Crippen LogP contribution < -0.4 is 5.32 Å². The van der Waals surface area contributed by atoms with E-state index in [9.17, 15) is 4.79 Å². The Morgan fingerprint density at radius 3 is 2.61 bits per heavy atom. The fourth-order valence-corrected chi connectivity index (χ4v) is 1.93. The SMILES string of the molecule is Cc1cnccc1NC(=O)c1ccc(CBr)cc1. The van der Waals surface area contributed by atoms with E-state index in [-0.39, 0.29) is 5.91 Å². The van der Waals surface area contributed by atoms with Gasteiger partial charge in [0.2, 0.25) is 0 Å². The van der Waals surface area contributed by atoms with Crippen molar-refractivity contribution in [2.45, 2.75) is 12.3 Å². The number of carbonyl (C=O) groups excluding carboxylic acids is 1. The Bertz CT molecular complexity index is 552. The van der Waals surface area contributed by atoms with Crippen LogP contribution in [-0.2, 0) is 5.33 Å². The van der Waals surface area contributed by atoms with E-state index in [2.05, 4.69) is 26.2 Å². The topological polar surface area (TPSA) is 42.0 Å². The van der Waals surface area contributed by atoms with E-state index in [0.717, 1.165) is 22.1 Å². The number of benzene rings is 1. The molecule has 1 aromatic heterocycles. The molecule has 1 aromatic carbocycles. The molecule has 0 aliphatic carbocycles. The predicted octanol–water partition coefficient (Wildman–Crippen LogP) is 3.54. The summed E-state index contributed by atoms with van der Waals surface area (Å²) in [6.07, 6.45) is 3.39. The van der Waals surface area contributed by atoms with Gasteiger partial charge in [0.25, 0.3) is 5.91 Å². The molecule has 1 heterocycles. The third kappa shape index (κ3) is 2.96. The molecule has 92 valence electrons. The van der Waals surface area contributed by atoms with Gasteiger partial charge in [-0.05, 0) is 36.2 Å². The molecular weight excluding hydrogens is 292 g/mol. The molecule has 1 amide bonds. The van der Waals surface area contributed by atoms with Gasteiger partial charge in [0.15, 0.2) is 0 Å². The number of amides is 1. The van der Waals surface area contributed by atoms with Crippen LogP contribution in [0.5, 0.6) is 0 Å². The van der Waals surface area contributed by atoms with Crippen molar-refractivity contribution >= 4 is 27.5 Å². The number of pyridine rings is 1. The second-order valence-corrected chi connectivity index (χ2v) is 4.54. The zero-order chi connectivity index (χ0) is 13.0. The molecule has 3 nitrogen and oxygen atoms in total. The smallest absolute Gasteiger partial charge is 0.255 e. The van der Waals surface area contributed by atoms with Crippen molar-refractivity contribution in [1.29, 1.82) is 0 Å². The molecule has 0 fully saturated rings. The van der Waals surface area contributed by atoms with Gasteiger partial charge in [0.05, 0.1) is 0 Å². The van der Waals surface area contributed by atoms with E-state index in [1.165, 1.54) is 0 Å². The van der Waals surface area contributed by atoms with Crippen LogP contribution in [0, 0.1) is 6.92 Å². The summed E-state index contributed by atoms with van der Waals surface area (Å²) in [6.45, 7) is 1.91. The lowest BCUT2D eigenvalue weighted by atomic mass is 10.1. The Kier molecular flexibility index (Phi) is 4.10. The predicted molar refractivity (Wildman–Crippen MR) is 76.0 cm³/mol. The van der Waals surface area contributed by atoms with Crippen molar-refractivity contribution in [1.82, 2.24) is 4.98 Å². The molecule has 0 saturated carbocycles. The molecule has 18 heavy (non-hydrogen) atoms. The molecule has 0 bridgehead atoms. The molecule has 1 N–H and O–H groups in total. The van der Waals surface area contributed by atoms with Crippen molar-refractivity contribution < 1.29 is 4.79 Å². The summed E-state index contributed by atoms with van der Waals surface area (Å²) >= 11 is 3.37. The summed E-state index contributed by atoms with van der Waals surface area (Å²) in [5, 5.41) is 3.66. The minimum absolute atomic E-state index is 0.106. The van der Waals surface area contributed by atoms with Crippen LogP contribution in [0.3, 0.4) is 0 Å². The van der Waals surface area contributed by atoms with Crippen molar-refractivity contribution in [3.63, 3.8) is 0 Å². The number of nitrogens with one attached hydrogen (secondary N) is 1. The zero-order valence-corrected chi connectivity index (χ0v) is 11.6. The maximum atomic E-state index is 12.0. The van der Waals surface area contributed by atoms with Gasteiger partial charge >= 0.3 is 0 Å². The lowest BCUT2D eigenvalue weighted by Gasteiger charge is -2.07. The Labute approximate surface area is 114 Å². The lowest BCUT2D eigenvalue weighted by Crippen LogP contribution is -2.12. The van der Waals surface area contributed by atoms with Gasteiger partial charge in [-0.2, -0.15) is 0 Å². The van der Waals surface area contributed by atoms with Gasteiger partial charge in [-0.15, -0.1) is 0 Å². The molecule has 0 saturated heterocycles. The molecule has 4 heteroatoms. The molecule has 0 aliphatic rings. The number of alkyl halides is 1. The molecule has 0 atom stereocenters. The van der Waals surface area contributed by atoms with Gasteiger partial charge in [-0.3, -0.25) is 9.78 Å². The minimum atomic E-state index is -0.106. The van der Waals surface area contributed by atoms with E-state index in [0.29, 0.717) is 5.56 Å². The van der Waals surface area contributed by atoms with Crippen molar-refractivity contribution in [2.24, 2.45) is 0 Å². The second kappa shape index (κ2) is 5.78. The fraction of sp³-hybridized carbons (Fsp3) is 0.143. The normalized spacial score (nSPS) is 10.1. The van der Waals surface area contributed by atoms with Crippen LogP contribution in [0.25, 0.3) is 0 Å². The number of aryl methyl sites for hydroxylation is 1. The Morgan fingerprint density at radius 2 is 2.00 bits per heavy atom. The average Bonchev–Trinajstić information content (AvgIpc) is 2.41. The van der Waals surface area contributed by atoms with Gasteiger partial charge in [0, 0.05) is 29.0 Å². The van der Waals surface area contributed by atoms with E-state index >= 15 is 0 Å². The van der Waals surface area contributed by atoms with Crippen LogP contribution in [0.1, 0.15) is 21.5 Å². The molecule has 0 aliphatic heterocycles. The van der Waals surface area contributed by atoms with Crippen LogP contribution in [0.15, 0.2) is 42.7 Å². The molecule has 0 spiro atoms. The first kappa shape index (κ1) is 12.8. The highest BCUT2D eigenvalue weighted by molar-refractivity contribution is 9.08. The van der Waals surface area contributed by atoms with Gasteiger partial charge in [0.1, 0.15) is 0 Å². The molecule has 0 unspecified atom stereocenters. The number of halogens is 1. The highest BCUT2D eigenvalue weighted by atomic mass is 79.9. The lowest BCUT2D eigenvalue weighted by molar-refractivity contribution is 0.102. The first-order valence-corrected chi connectivity index (χ1v) is 6.69. The number of anilines is 1. The highest BCUT2D eigenvalue weighted by Crippen LogP contribution is 2.14. The largest absolute Gasteiger partial charge is 0.322 e. The first-order valence-electron chi connectivity index (χ1n) is 5.57. The summed E-state index contributed by atoms with van der Waals surface area (Å²) in [7, 11) is 0. The molecule has 0 radical (unpaired) electrons. The summed E-state index contributed by atoms with van der Waals surface area (Å²) in [5.41, 5.74) is 3.53. The maximum Gasteiger partial charge on any atom is 0.255 e. The monoisotopic (exact) mass is 304 g/mol.